The fourth-order valence-corrected chi connectivity index (χ4v) is 1.97. The minimum absolute atomic E-state index is 0.0172. The minimum atomic E-state index is -0.284. The Balaban J connectivity index is 2.71. The predicted octanol–water partition coefficient (Wildman–Crippen LogP) is 1.97. The molecule has 0 unspecified atom stereocenters. The second-order valence-electron chi connectivity index (χ2n) is 4.20. The van der Waals surface area contributed by atoms with Gasteiger partial charge in [-0.2, -0.15) is 0 Å². The lowest BCUT2D eigenvalue weighted by atomic mass is 10.2. The van der Waals surface area contributed by atoms with Gasteiger partial charge in [-0.3, -0.25) is 0 Å². The van der Waals surface area contributed by atoms with Crippen LogP contribution in [0.2, 0.25) is 0 Å². The molecule has 6 heteroatoms. The number of nitrogens with one attached hydrogen (secondary N) is 1. The second kappa shape index (κ2) is 8.14. The van der Waals surface area contributed by atoms with E-state index in [2.05, 4.69) is 21.2 Å². The summed E-state index contributed by atoms with van der Waals surface area (Å²) in [7, 11) is 0. The van der Waals surface area contributed by atoms with Crippen molar-refractivity contribution in [2.24, 2.45) is 0 Å². The molecule has 1 aromatic rings. The number of aliphatic hydroxyl groups excluding tert-OH is 2. The lowest BCUT2D eigenvalue weighted by Crippen LogP contribution is -2.38. The molecular formula is C13H19BrN2O3. The Morgan fingerprint density at radius 1 is 1.32 bits per heavy atom. The zero-order valence-electron chi connectivity index (χ0n) is 10.9. The van der Waals surface area contributed by atoms with E-state index in [-0.39, 0.29) is 25.8 Å². The number of hydrogen-bond donors (Lipinski definition) is 3. The predicted molar refractivity (Wildman–Crippen MR) is 78.3 cm³/mol. The Bertz CT molecular complexity index is 426. The fraction of sp³-hybridized carbons (Fsp3) is 0.462. The third kappa shape index (κ3) is 5.18. The van der Waals surface area contributed by atoms with Crippen LogP contribution in [0.3, 0.4) is 0 Å². The Labute approximate surface area is 121 Å². The molecule has 0 fully saturated rings. The maximum absolute atomic E-state index is 12.1. The first-order chi connectivity index (χ1) is 9.08. The molecule has 3 N–H and O–H groups in total. The van der Waals surface area contributed by atoms with Gasteiger partial charge in [-0.1, -0.05) is 6.07 Å². The van der Waals surface area contributed by atoms with Crippen molar-refractivity contribution in [3.63, 3.8) is 0 Å². The molecule has 0 aromatic heterocycles. The minimum Gasteiger partial charge on any atom is -0.396 e. The highest BCUT2D eigenvalue weighted by Gasteiger charge is 2.13. The summed E-state index contributed by atoms with van der Waals surface area (Å²) >= 11 is 3.38. The monoisotopic (exact) mass is 330 g/mol. The highest BCUT2D eigenvalue weighted by molar-refractivity contribution is 9.10. The maximum atomic E-state index is 12.1. The number of carbonyl (C=O) groups excluding carboxylic acids is 1. The van der Waals surface area contributed by atoms with E-state index in [1.807, 2.05) is 25.1 Å². The van der Waals surface area contributed by atoms with Crippen LogP contribution < -0.4 is 5.32 Å². The molecule has 5 nitrogen and oxygen atoms in total. The number of hydrogen-bond acceptors (Lipinski definition) is 3. The molecular weight excluding hydrogens is 312 g/mol. The van der Waals surface area contributed by atoms with Crippen LogP contribution >= 0.6 is 15.9 Å². The van der Waals surface area contributed by atoms with Gasteiger partial charge >= 0.3 is 6.03 Å². The number of urea groups is 1. The van der Waals surface area contributed by atoms with Gasteiger partial charge in [-0.25, -0.2) is 4.79 Å². The van der Waals surface area contributed by atoms with Gasteiger partial charge in [0.15, 0.2) is 0 Å². The summed E-state index contributed by atoms with van der Waals surface area (Å²) in [6.45, 7) is 2.51. The molecule has 106 valence electrons. The van der Waals surface area contributed by atoms with Crippen LogP contribution in [0.5, 0.6) is 0 Å². The Morgan fingerprint density at radius 2 is 2.05 bits per heavy atom. The number of aryl methyl sites for hydroxylation is 1. The van der Waals surface area contributed by atoms with E-state index in [0.29, 0.717) is 18.7 Å². The van der Waals surface area contributed by atoms with Crippen molar-refractivity contribution in [3.8, 4) is 0 Å². The Kier molecular flexibility index (Phi) is 6.83. The summed E-state index contributed by atoms with van der Waals surface area (Å²) in [4.78, 5) is 13.6. The summed E-state index contributed by atoms with van der Waals surface area (Å²) in [5, 5.41) is 20.6. The van der Waals surface area contributed by atoms with Crippen LogP contribution in [0, 0.1) is 6.92 Å². The first-order valence-electron chi connectivity index (χ1n) is 6.12. The number of anilines is 1. The summed E-state index contributed by atoms with van der Waals surface area (Å²) in [6.07, 6.45) is 0.488. The molecule has 0 aliphatic rings. The van der Waals surface area contributed by atoms with Crippen LogP contribution in [-0.2, 0) is 0 Å². The molecule has 2 amide bonds. The van der Waals surface area contributed by atoms with Crippen LogP contribution in [0.15, 0.2) is 22.7 Å². The molecule has 0 spiro atoms. The van der Waals surface area contributed by atoms with Crippen molar-refractivity contribution in [1.29, 1.82) is 0 Å². The van der Waals surface area contributed by atoms with Gasteiger partial charge in [0.2, 0.25) is 0 Å². The number of amides is 2. The highest BCUT2D eigenvalue weighted by Crippen LogP contribution is 2.23. The van der Waals surface area contributed by atoms with Gasteiger partial charge in [-0.15, -0.1) is 0 Å². The van der Waals surface area contributed by atoms with Crippen LogP contribution in [0.25, 0.3) is 0 Å². The van der Waals surface area contributed by atoms with Crippen molar-refractivity contribution in [1.82, 2.24) is 4.90 Å². The highest BCUT2D eigenvalue weighted by atomic mass is 79.9. The van der Waals surface area contributed by atoms with Crippen molar-refractivity contribution in [2.75, 3.05) is 31.6 Å². The molecule has 0 aliphatic carbocycles. The smallest absolute Gasteiger partial charge is 0.321 e. The van der Waals surface area contributed by atoms with Crippen LogP contribution in [0.4, 0.5) is 10.5 Å². The van der Waals surface area contributed by atoms with Gasteiger partial charge in [0.1, 0.15) is 0 Å². The van der Waals surface area contributed by atoms with Gasteiger partial charge in [0, 0.05) is 24.2 Å². The molecule has 0 saturated carbocycles. The normalized spacial score (nSPS) is 10.3. The third-order valence-electron chi connectivity index (χ3n) is 2.61. The number of carbonyl (C=O) groups is 1. The average molecular weight is 331 g/mol. The van der Waals surface area contributed by atoms with Crippen molar-refractivity contribution >= 4 is 27.6 Å². The van der Waals surface area contributed by atoms with Crippen LogP contribution in [-0.4, -0.2) is 47.4 Å². The van der Waals surface area contributed by atoms with E-state index < -0.39 is 0 Å². The number of halogens is 1. The first kappa shape index (κ1) is 15.9. The van der Waals surface area contributed by atoms with E-state index in [1.54, 1.807) is 0 Å². The molecule has 0 aliphatic heterocycles. The maximum Gasteiger partial charge on any atom is 0.321 e. The fourth-order valence-electron chi connectivity index (χ4n) is 1.63. The molecule has 1 aromatic carbocycles. The molecule has 0 radical (unpaired) electrons. The van der Waals surface area contributed by atoms with Gasteiger partial charge in [0.05, 0.1) is 12.3 Å². The van der Waals surface area contributed by atoms with E-state index in [4.69, 9.17) is 10.2 Å². The second-order valence-corrected chi connectivity index (χ2v) is 5.06. The van der Waals surface area contributed by atoms with E-state index >= 15 is 0 Å². The van der Waals surface area contributed by atoms with Gasteiger partial charge < -0.3 is 20.4 Å². The zero-order chi connectivity index (χ0) is 14.3. The lowest BCUT2D eigenvalue weighted by molar-refractivity contribution is 0.180. The molecule has 1 rings (SSSR count). The Hall–Kier alpha value is -1.11. The summed E-state index contributed by atoms with van der Waals surface area (Å²) in [5.41, 5.74) is 1.74. The number of aliphatic hydroxyl groups is 2. The zero-order valence-corrected chi connectivity index (χ0v) is 12.5. The molecule has 0 heterocycles. The quantitative estimate of drug-likeness (QED) is 0.746. The van der Waals surface area contributed by atoms with Crippen molar-refractivity contribution in [2.45, 2.75) is 13.3 Å². The largest absolute Gasteiger partial charge is 0.396 e. The number of nitrogens with zero attached hydrogens (tertiary/aromatic N) is 1. The number of benzene rings is 1. The summed E-state index contributed by atoms with van der Waals surface area (Å²) in [6, 6.07) is 5.39. The third-order valence-corrected chi connectivity index (χ3v) is 3.30. The van der Waals surface area contributed by atoms with E-state index in [1.165, 1.54) is 4.90 Å². The topological polar surface area (TPSA) is 72.8 Å². The van der Waals surface area contributed by atoms with E-state index in [0.717, 1.165) is 10.0 Å². The average Bonchev–Trinajstić information content (AvgIpc) is 2.38. The Morgan fingerprint density at radius 3 is 2.68 bits per heavy atom. The van der Waals surface area contributed by atoms with Gasteiger partial charge in [0.25, 0.3) is 0 Å². The van der Waals surface area contributed by atoms with Crippen LogP contribution in [0.1, 0.15) is 12.0 Å². The van der Waals surface area contributed by atoms with Crippen molar-refractivity contribution in [3.05, 3.63) is 28.2 Å². The molecule has 0 saturated heterocycles. The van der Waals surface area contributed by atoms with Crippen molar-refractivity contribution < 1.29 is 15.0 Å². The molecule has 19 heavy (non-hydrogen) atoms. The first-order valence-corrected chi connectivity index (χ1v) is 6.91. The van der Waals surface area contributed by atoms with E-state index in [9.17, 15) is 4.79 Å². The van der Waals surface area contributed by atoms with Gasteiger partial charge in [-0.05, 0) is 47.0 Å². The standard InChI is InChI=1S/C13H19BrN2O3/c1-10-3-4-11(14)12(9-10)15-13(19)16(6-8-18)5-2-7-17/h3-4,9,17-18H,2,5-8H2,1H3,(H,15,19). The SMILES string of the molecule is Cc1ccc(Br)c(NC(=O)N(CCO)CCCO)c1. The number of rotatable bonds is 6. The molecule has 0 bridgehead atoms. The molecule has 0 atom stereocenters. The summed E-state index contributed by atoms with van der Waals surface area (Å²) < 4.78 is 0.803. The lowest BCUT2D eigenvalue weighted by Gasteiger charge is -2.22. The summed E-state index contributed by atoms with van der Waals surface area (Å²) in [5.74, 6) is 0.